The van der Waals surface area contributed by atoms with Gasteiger partial charge in [0.05, 0.1) is 12.6 Å². The Bertz CT molecular complexity index is 1330. The quantitative estimate of drug-likeness (QED) is 0.0319. The van der Waals surface area contributed by atoms with Crippen molar-refractivity contribution in [2.24, 2.45) is 27.9 Å². The van der Waals surface area contributed by atoms with E-state index in [-0.39, 0.29) is 31.0 Å². The van der Waals surface area contributed by atoms with Crippen LogP contribution in [0.1, 0.15) is 37.7 Å². The van der Waals surface area contributed by atoms with Crippen molar-refractivity contribution in [2.75, 3.05) is 25.4 Å². The number of aliphatic carboxylic acids is 1. The molecule has 0 aliphatic rings. The van der Waals surface area contributed by atoms with Crippen LogP contribution in [0, 0.1) is 0 Å². The molecule has 0 fully saturated rings. The minimum absolute atomic E-state index is 0.0289. The van der Waals surface area contributed by atoms with Crippen molar-refractivity contribution >= 4 is 59.1 Å². The lowest BCUT2D eigenvalue weighted by Crippen LogP contribution is -2.57. The molecule has 4 amide bonds. The molecular weight excluding hydrogens is 604 g/mol. The number of unbranched alkanes of at least 4 members (excludes halogenated alkanes) is 1. The van der Waals surface area contributed by atoms with Crippen molar-refractivity contribution in [3.63, 3.8) is 0 Å². The van der Waals surface area contributed by atoms with Gasteiger partial charge in [0, 0.05) is 35.8 Å². The van der Waals surface area contributed by atoms with Gasteiger partial charge in [0.25, 0.3) is 0 Å². The number of nitrogens with zero attached hydrogens (tertiary/aromatic N) is 1. The Morgan fingerprint density at radius 2 is 1.60 bits per heavy atom. The van der Waals surface area contributed by atoms with E-state index in [0.717, 1.165) is 10.9 Å². The molecule has 1 aromatic heterocycles. The number of thiol groups is 1. The van der Waals surface area contributed by atoms with E-state index in [4.69, 9.17) is 22.9 Å². The summed E-state index contributed by atoms with van der Waals surface area (Å²) in [6.07, 6.45) is 3.73. The van der Waals surface area contributed by atoms with Crippen molar-refractivity contribution in [1.82, 2.24) is 26.3 Å². The van der Waals surface area contributed by atoms with Crippen LogP contribution in [-0.4, -0.2) is 95.2 Å². The first-order valence-corrected chi connectivity index (χ1v) is 15.2. The number of carboxylic acid groups (broad SMARTS) is 1. The van der Waals surface area contributed by atoms with Gasteiger partial charge in [-0.25, -0.2) is 4.79 Å². The number of carbonyl (C=O) groups excluding carboxylic acids is 4. The van der Waals surface area contributed by atoms with Crippen molar-refractivity contribution in [2.45, 2.75) is 62.7 Å². The van der Waals surface area contributed by atoms with Gasteiger partial charge in [0.15, 0.2) is 5.96 Å². The van der Waals surface area contributed by atoms with Gasteiger partial charge in [-0.1, -0.05) is 18.2 Å². The van der Waals surface area contributed by atoms with E-state index >= 15 is 0 Å². The summed E-state index contributed by atoms with van der Waals surface area (Å²) in [4.78, 5) is 70.4. The molecule has 0 saturated carbocycles. The maximum Gasteiger partial charge on any atom is 0.327 e. The number of aromatic amines is 1. The second-order valence-electron chi connectivity index (χ2n) is 10.4. The highest BCUT2D eigenvalue weighted by atomic mass is 32.1. The normalized spacial score (nSPS) is 13.6. The van der Waals surface area contributed by atoms with Crippen LogP contribution < -0.4 is 44.2 Å². The number of carbonyl (C=O) groups is 5. The fourth-order valence-corrected chi connectivity index (χ4v) is 4.66. The van der Waals surface area contributed by atoms with E-state index in [1.165, 1.54) is 0 Å². The van der Waals surface area contributed by atoms with Gasteiger partial charge in [0.1, 0.15) is 18.1 Å². The van der Waals surface area contributed by atoms with Gasteiger partial charge in [-0.05, 0) is 50.3 Å². The van der Waals surface area contributed by atoms with Crippen molar-refractivity contribution in [3.05, 3.63) is 36.0 Å². The lowest BCUT2D eigenvalue weighted by atomic mass is 10.0. The third kappa shape index (κ3) is 12.7. The molecule has 2 rings (SSSR count). The summed E-state index contributed by atoms with van der Waals surface area (Å²) in [6.45, 7) is 0.224. The molecule has 0 spiro atoms. The summed E-state index contributed by atoms with van der Waals surface area (Å²) in [6, 6.07) is 2.93. The summed E-state index contributed by atoms with van der Waals surface area (Å²) in [5.74, 6) is -4.13. The summed E-state index contributed by atoms with van der Waals surface area (Å²) >= 11 is 4.00. The van der Waals surface area contributed by atoms with Crippen LogP contribution in [0.5, 0.6) is 0 Å². The van der Waals surface area contributed by atoms with Crippen LogP contribution in [0.2, 0.25) is 0 Å². The fourth-order valence-electron chi connectivity index (χ4n) is 4.42. The first-order valence-electron chi connectivity index (χ1n) is 14.5. The molecule has 17 heteroatoms. The van der Waals surface area contributed by atoms with Crippen LogP contribution in [0.15, 0.2) is 35.5 Å². The number of H-pyrrole nitrogens is 1. The molecule has 0 saturated heterocycles. The van der Waals surface area contributed by atoms with Crippen molar-refractivity contribution in [3.8, 4) is 0 Å². The Hall–Kier alpha value is -4.35. The number of aliphatic imine (C=N–C) groups is 1. The number of guanidine groups is 1. The van der Waals surface area contributed by atoms with Gasteiger partial charge in [-0.15, -0.1) is 0 Å². The molecule has 45 heavy (non-hydrogen) atoms. The largest absolute Gasteiger partial charge is 0.480 e. The van der Waals surface area contributed by atoms with Crippen LogP contribution >= 0.6 is 12.6 Å². The summed E-state index contributed by atoms with van der Waals surface area (Å²) < 4.78 is 0. The fraction of sp³-hybridized carbons (Fsp3) is 0.500. The first-order chi connectivity index (χ1) is 21.5. The zero-order chi connectivity index (χ0) is 33.4. The van der Waals surface area contributed by atoms with Crippen molar-refractivity contribution in [1.29, 1.82) is 0 Å². The number of nitrogens with one attached hydrogen (secondary N) is 5. The molecule has 0 aliphatic carbocycles. The molecule has 4 atom stereocenters. The smallest absolute Gasteiger partial charge is 0.327 e. The van der Waals surface area contributed by atoms with Gasteiger partial charge >= 0.3 is 5.97 Å². The Labute approximate surface area is 266 Å². The third-order valence-electron chi connectivity index (χ3n) is 6.86. The molecule has 0 bridgehead atoms. The molecule has 1 heterocycles. The highest BCUT2D eigenvalue weighted by molar-refractivity contribution is 7.80. The number of amides is 4. The first kappa shape index (κ1) is 36.8. The van der Waals surface area contributed by atoms with E-state index in [1.54, 1.807) is 6.20 Å². The monoisotopic (exact) mass is 648 g/mol. The van der Waals surface area contributed by atoms with Gasteiger partial charge in [0.2, 0.25) is 23.6 Å². The van der Waals surface area contributed by atoms with Crippen LogP contribution in [0.25, 0.3) is 10.9 Å². The number of hydrogen-bond donors (Lipinski definition) is 11. The Morgan fingerprint density at radius 1 is 0.911 bits per heavy atom. The number of para-hydroxylation sites is 1. The maximum absolute atomic E-state index is 13.5. The average Bonchev–Trinajstić information content (AvgIpc) is 3.42. The number of carboxylic acids is 1. The topological polar surface area (TPSA) is 286 Å². The minimum atomic E-state index is -1.29. The molecule has 248 valence electrons. The zero-order valence-electron chi connectivity index (χ0n) is 25.0. The van der Waals surface area contributed by atoms with Crippen LogP contribution in [-0.2, 0) is 30.4 Å². The van der Waals surface area contributed by atoms with Gasteiger partial charge < -0.3 is 54.3 Å². The summed E-state index contributed by atoms with van der Waals surface area (Å²) in [5, 5.41) is 20.4. The number of hydrogen-bond acceptors (Lipinski definition) is 9. The summed E-state index contributed by atoms with van der Waals surface area (Å²) in [5.41, 5.74) is 23.6. The van der Waals surface area contributed by atoms with Crippen molar-refractivity contribution < 1.29 is 29.1 Å². The third-order valence-corrected chi connectivity index (χ3v) is 7.22. The highest BCUT2D eigenvalue weighted by Crippen LogP contribution is 2.19. The van der Waals surface area contributed by atoms with Gasteiger partial charge in [-0.2, -0.15) is 12.6 Å². The summed E-state index contributed by atoms with van der Waals surface area (Å²) in [7, 11) is 0. The van der Waals surface area contributed by atoms with E-state index in [9.17, 15) is 29.1 Å². The second-order valence-corrected chi connectivity index (χ2v) is 10.7. The van der Waals surface area contributed by atoms with Gasteiger partial charge in [-0.3, -0.25) is 24.2 Å². The second kappa shape index (κ2) is 19.1. The Balaban J connectivity index is 2.13. The van der Waals surface area contributed by atoms with E-state index in [1.807, 2.05) is 24.3 Å². The predicted molar refractivity (Wildman–Crippen MR) is 173 cm³/mol. The number of fused-ring (bicyclic) bond motifs is 1. The molecule has 1 aromatic carbocycles. The zero-order valence-corrected chi connectivity index (χ0v) is 25.9. The minimum Gasteiger partial charge on any atom is -0.480 e. The maximum atomic E-state index is 13.5. The van der Waals surface area contributed by atoms with Crippen LogP contribution in [0.4, 0.5) is 0 Å². The highest BCUT2D eigenvalue weighted by Gasteiger charge is 2.30. The number of aromatic nitrogens is 1. The average molecular weight is 649 g/mol. The molecule has 2 aromatic rings. The molecule has 16 nitrogen and oxygen atoms in total. The molecule has 0 radical (unpaired) electrons. The molecule has 14 N–H and O–H groups in total. The lowest BCUT2D eigenvalue weighted by Gasteiger charge is -2.24. The number of nitrogens with two attached hydrogens (primary N) is 4. The van der Waals surface area contributed by atoms with E-state index in [2.05, 4.69) is 43.9 Å². The van der Waals surface area contributed by atoms with Crippen LogP contribution in [0.3, 0.4) is 0 Å². The Morgan fingerprint density at radius 3 is 2.27 bits per heavy atom. The predicted octanol–water partition coefficient (Wildman–Crippen LogP) is -2.19. The number of benzene rings is 1. The SMILES string of the molecule is NCCCC[C@H](NC(=O)CNC(=O)[C@@H](N)CCCN=C(N)N)C(=O)N[C@@H](Cc1c[nH]c2ccccc12)C(=O)N[C@@H](CS)C(=O)O. The Kier molecular flexibility index (Phi) is 15.7. The lowest BCUT2D eigenvalue weighted by molar-refractivity contribution is -0.141. The molecule has 0 aliphatic heterocycles. The number of rotatable bonds is 20. The standard InChI is InChI=1S/C28H44N10O6S/c29-10-4-3-9-20(36-23(39)14-35-24(40)18(30)7-5-11-33-28(31)32)25(41)37-21(26(42)38-22(15-45)27(43)44)12-16-13-34-19-8-2-1-6-17(16)19/h1-2,6,8,13,18,20-22,34,45H,3-5,7,9-12,14-15,29-30H2,(H,35,40)(H,36,39)(H,37,41)(H,38,42)(H,43,44)(H4,31,32,33)/t18-,20-,21-,22-/m0/s1. The molecule has 0 unspecified atom stereocenters. The molecular formula is C28H44N10O6S. The van der Waals surface area contributed by atoms with E-state index < -0.39 is 60.3 Å². The van der Waals surface area contributed by atoms with E-state index in [0.29, 0.717) is 37.9 Å².